The summed E-state index contributed by atoms with van der Waals surface area (Å²) >= 11 is 0. The topological polar surface area (TPSA) is 90.0 Å². The number of fused-ring (bicyclic) bond motifs is 1. The maximum atomic E-state index is 13.2. The Morgan fingerprint density at radius 1 is 0.811 bits per heavy atom. The van der Waals surface area contributed by atoms with Gasteiger partial charge >= 0.3 is 0 Å². The van der Waals surface area contributed by atoms with Crippen molar-refractivity contribution in [3.63, 3.8) is 0 Å². The van der Waals surface area contributed by atoms with Gasteiger partial charge in [-0.05, 0) is 87.6 Å². The standard InChI is InChI=1S/C29H38N4O4/c34-25-9-8-24(26(35)30-25)33-27(36)22-7-6-21(18-23(22)28(33)37)32-16-12-29(13-17-32)10-14-31(15-11-29)19-20-4-2-1-3-5-20/h6-7,18,20,24H,1-5,8-17,19H2,(H,30,34,35). The first-order valence-electron chi connectivity index (χ1n) is 14.3. The molecule has 0 radical (unpaired) electrons. The van der Waals surface area contributed by atoms with Gasteiger partial charge < -0.3 is 9.80 Å². The highest BCUT2D eigenvalue weighted by Gasteiger charge is 2.45. The first kappa shape index (κ1) is 24.6. The lowest BCUT2D eigenvalue weighted by Gasteiger charge is -2.48. The lowest BCUT2D eigenvalue weighted by atomic mass is 9.71. The molecule has 1 aromatic carbocycles. The number of hydrogen-bond donors (Lipinski definition) is 1. The fourth-order valence-electron chi connectivity index (χ4n) is 7.34. The molecule has 5 aliphatic rings. The molecule has 0 aromatic heterocycles. The van der Waals surface area contributed by atoms with E-state index in [1.54, 1.807) is 6.07 Å². The fraction of sp³-hybridized carbons (Fsp3) is 0.655. The van der Waals surface area contributed by atoms with Gasteiger partial charge in [0.25, 0.3) is 11.8 Å². The number of carbonyl (C=O) groups is 4. The predicted octanol–water partition coefficient (Wildman–Crippen LogP) is 3.35. The van der Waals surface area contributed by atoms with Crippen LogP contribution in [0.25, 0.3) is 0 Å². The maximum Gasteiger partial charge on any atom is 0.262 e. The second kappa shape index (κ2) is 9.86. The molecule has 8 heteroatoms. The third-order valence-corrected chi connectivity index (χ3v) is 9.77. The highest BCUT2D eigenvalue weighted by Crippen LogP contribution is 2.43. The molecule has 1 atom stereocenters. The van der Waals surface area contributed by atoms with Gasteiger partial charge in [-0.2, -0.15) is 0 Å². The fourth-order valence-corrected chi connectivity index (χ4v) is 7.34. The van der Waals surface area contributed by atoms with Crippen LogP contribution in [0.1, 0.15) is 91.3 Å². The molecule has 1 N–H and O–H groups in total. The monoisotopic (exact) mass is 506 g/mol. The van der Waals surface area contributed by atoms with Crippen LogP contribution in [0.4, 0.5) is 5.69 Å². The smallest absolute Gasteiger partial charge is 0.262 e. The van der Waals surface area contributed by atoms with Crippen LogP contribution < -0.4 is 10.2 Å². The Balaban J connectivity index is 1.07. The third-order valence-electron chi connectivity index (χ3n) is 9.77. The van der Waals surface area contributed by atoms with Gasteiger partial charge in [0.2, 0.25) is 11.8 Å². The zero-order valence-corrected chi connectivity index (χ0v) is 21.7. The minimum atomic E-state index is -0.924. The maximum absolute atomic E-state index is 13.2. The van der Waals surface area contributed by atoms with Crippen molar-refractivity contribution < 1.29 is 19.2 Å². The van der Waals surface area contributed by atoms with E-state index >= 15 is 0 Å². The second-order valence-electron chi connectivity index (χ2n) is 12.0. The first-order chi connectivity index (χ1) is 17.9. The molecule has 1 aliphatic carbocycles. The van der Waals surface area contributed by atoms with Gasteiger partial charge in [-0.15, -0.1) is 0 Å². The molecule has 1 unspecified atom stereocenters. The van der Waals surface area contributed by atoms with Gasteiger partial charge in [-0.25, -0.2) is 0 Å². The number of carbonyl (C=O) groups excluding carboxylic acids is 4. The molecule has 1 saturated carbocycles. The summed E-state index contributed by atoms with van der Waals surface area (Å²) in [6, 6.07) is 4.56. The van der Waals surface area contributed by atoms with Crippen molar-refractivity contribution in [2.24, 2.45) is 11.3 Å². The van der Waals surface area contributed by atoms with Crippen molar-refractivity contribution in [1.29, 1.82) is 0 Å². The highest BCUT2D eigenvalue weighted by molar-refractivity contribution is 6.23. The minimum absolute atomic E-state index is 0.128. The molecule has 4 amide bonds. The molecular weight excluding hydrogens is 468 g/mol. The normalized spacial score (nSPS) is 27.1. The van der Waals surface area contributed by atoms with E-state index in [1.165, 1.54) is 64.6 Å². The first-order valence-corrected chi connectivity index (χ1v) is 14.3. The predicted molar refractivity (Wildman–Crippen MR) is 139 cm³/mol. The summed E-state index contributed by atoms with van der Waals surface area (Å²) in [7, 11) is 0. The van der Waals surface area contributed by atoms with Gasteiger partial charge in [-0.3, -0.25) is 29.4 Å². The van der Waals surface area contributed by atoms with E-state index in [4.69, 9.17) is 0 Å². The molecule has 1 spiro atoms. The molecule has 4 heterocycles. The van der Waals surface area contributed by atoms with E-state index in [9.17, 15) is 19.2 Å². The van der Waals surface area contributed by atoms with E-state index < -0.39 is 23.8 Å². The van der Waals surface area contributed by atoms with Crippen LogP contribution in [0.2, 0.25) is 0 Å². The number of hydrogen-bond acceptors (Lipinski definition) is 6. The zero-order valence-electron chi connectivity index (χ0n) is 21.7. The van der Waals surface area contributed by atoms with Crippen molar-refractivity contribution >= 4 is 29.3 Å². The summed E-state index contributed by atoms with van der Waals surface area (Å²) in [6.45, 7) is 5.66. The average molecular weight is 507 g/mol. The molecule has 6 rings (SSSR count). The van der Waals surface area contributed by atoms with E-state index in [-0.39, 0.29) is 18.7 Å². The number of rotatable bonds is 4. The van der Waals surface area contributed by atoms with Crippen LogP contribution in [-0.2, 0) is 9.59 Å². The number of benzene rings is 1. The van der Waals surface area contributed by atoms with Crippen molar-refractivity contribution in [2.45, 2.75) is 76.7 Å². The van der Waals surface area contributed by atoms with E-state index in [0.29, 0.717) is 16.5 Å². The Morgan fingerprint density at radius 3 is 2.19 bits per heavy atom. The van der Waals surface area contributed by atoms with Gasteiger partial charge in [-0.1, -0.05) is 19.3 Å². The quantitative estimate of drug-likeness (QED) is 0.630. The third kappa shape index (κ3) is 4.69. The summed E-state index contributed by atoms with van der Waals surface area (Å²) in [5, 5.41) is 2.25. The average Bonchev–Trinajstić information content (AvgIpc) is 3.16. The number of nitrogens with one attached hydrogen (secondary N) is 1. The molecule has 1 aromatic rings. The molecule has 4 aliphatic heterocycles. The molecule has 3 saturated heterocycles. The molecule has 37 heavy (non-hydrogen) atoms. The van der Waals surface area contributed by atoms with Crippen molar-refractivity contribution in [3.05, 3.63) is 29.3 Å². The Labute approximate surface area is 218 Å². The lowest BCUT2D eigenvalue weighted by Crippen LogP contribution is -2.54. The number of imide groups is 2. The Hall–Kier alpha value is -2.74. The summed E-state index contributed by atoms with van der Waals surface area (Å²) in [5.74, 6) is -0.909. The summed E-state index contributed by atoms with van der Waals surface area (Å²) in [6.07, 6.45) is 12.3. The van der Waals surface area contributed by atoms with Crippen LogP contribution in [0.15, 0.2) is 18.2 Å². The number of anilines is 1. The number of piperidine rings is 3. The largest absolute Gasteiger partial charge is 0.371 e. The molecule has 8 nitrogen and oxygen atoms in total. The molecule has 4 fully saturated rings. The number of amides is 4. The van der Waals surface area contributed by atoms with Crippen LogP contribution >= 0.6 is 0 Å². The van der Waals surface area contributed by atoms with Gasteiger partial charge in [0.15, 0.2) is 0 Å². The molecular formula is C29H38N4O4. The van der Waals surface area contributed by atoms with E-state index in [0.717, 1.165) is 42.4 Å². The van der Waals surface area contributed by atoms with Gasteiger partial charge in [0.1, 0.15) is 6.04 Å². The number of nitrogens with zero attached hydrogens (tertiary/aromatic N) is 3. The van der Waals surface area contributed by atoms with Crippen molar-refractivity contribution in [2.75, 3.05) is 37.6 Å². The van der Waals surface area contributed by atoms with Gasteiger partial charge in [0.05, 0.1) is 11.1 Å². The summed E-state index contributed by atoms with van der Waals surface area (Å²) in [4.78, 5) is 56.1. The summed E-state index contributed by atoms with van der Waals surface area (Å²) in [5.41, 5.74) is 2.11. The summed E-state index contributed by atoms with van der Waals surface area (Å²) < 4.78 is 0. The second-order valence-corrected chi connectivity index (χ2v) is 12.0. The van der Waals surface area contributed by atoms with Crippen LogP contribution in [0.5, 0.6) is 0 Å². The van der Waals surface area contributed by atoms with Crippen molar-refractivity contribution in [1.82, 2.24) is 15.1 Å². The van der Waals surface area contributed by atoms with Gasteiger partial charge in [0, 0.05) is 31.7 Å². The van der Waals surface area contributed by atoms with Crippen LogP contribution in [-0.4, -0.2) is 72.2 Å². The molecule has 0 bridgehead atoms. The van der Waals surface area contributed by atoms with Crippen LogP contribution in [0.3, 0.4) is 0 Å². The Bertz CT molecular complexity index is 1090. The zero-order chi connectivity index (χ0) is 25.6. The Morgan fingerprint density at radius 2 is 1.49 bits per heavy atom. The van der Waals surface area contributed by atoms with E-state index in [2.05, 4.69) is 15.1 Å². The number of likely N-dealkylation sites (tertiary alicyclic amines) is 1. The van der Waals surface area contributed by atoms with Crippen molar-refractivity contribution in [3.8, 4) is 0 Å². The minimum Gasteiger partial charge on any atom is -0.371 e. The highest BCUT2D eigenvalue weighted by atomic mass is 16.2. The molecule has 198 valence electrons. The SMILES string of the molecule is O=C1CCC(N2C(=O)c3ccc(N4CCC5(CCN(CC6CCCCC6)CC5)CC4)cc3C2=O)C(=O)N1. The van der Waals surface area contributed by atoms with Crippen LogP contribution in [0, 0.1) is 11.3 Å². The Kier molecular flexibility index (Phi) is 6.55. The van der Waals surface area contributed by atoms with E-state index in [1.807, 2.05) is 12.1 Å². The lowest BCUT2D eigenvalue weighted by molar-refractivity contribution is -0.136.